The molecule has 1 amide bonds. The van der Waals surface area contributed by atoms with E-state index in [4.69, 9.17) is 9.26 Å². The summed E-state index contributed by atoms with van der Waals surface area (Å²) in [5.41, 5.74) is -0.262. The molecule has 0 saturated carbocycles. The average Bonchev–Trinajstić information content (AvgIpc) is 3.16. The smallest absolute Gasteiger partial charge is 0.313 e. The molecule has 0 aliphatic carbocycles. The van der Waals surface area contributed by atoms with Gasteiger partial charge >= 0.3 is 5.97 Å². The van der Waals surface area contributed by atoms with Crippen molar-refractivity contribution in [1.82, 2.24) is 10.1 Å². The Morgan fingerprint density at radius 3 is 2.74 bits per heavy atom. The zero-order valence-corrected chi connectivity index (χ0v) is 13.9. The Balaban J connectivity index is 2.11. The van der Waals surface area contributed by atoms with Gasteiger partial charge in [0.15, 0.2) is 0 Å². The molecule has 1 aliphatic rings. The van der Waals surface area contributed by atoms with Crippen LogP contribution in [0.4, 0.5) is 0 Å². The Hall–Kier alpha value is -1.89. The van der Waals surface area contributed by atoms with Crippen LogP contribution in [-0.4, -0.2) is 53.8 Å². The molecule has 1 atom stereocenters. The van der Waals surface area contributed by atoms with Gasteiger partial charge in [0, 0.05) is 32.2 Å². The standard InChI is InChI=1S/C16H24N2O5/c1-4-11(5-2)12-8-13(23-17-12)14(19)18-7-6-16(9-18,10-22-3)15(20)21/h8,11H,4-7,9-10H2,1-3H3,(H,20,21). The zero-order chi connectivity index (χ0) is 17.0. The summed E-state index contributed by atoms with van der Waals surface area (Å²) < 4.78 is 10.2. The number of aromatic nitrogens is 1. The number of carbonyl (C=O) groups is 2. The van der Waals surface area contributed by atoms with Crippen molar-refractivity contribution in [2.75, 3.05) is 26.8 Å². The van der Waals surface area contributed by atoms with Crippen molar-refractivity contribution >= 4 is 11.9 Å². The van der Waals surface area contributed by atoms with E-state index >= 15 is 0 Å². The molecule has 1 aliphatic heterocycles. The third-order valence-corrected chi connectivity index (χ3v) is 4.66. The highest BCUT2D eigenvalue weighted by molar-refractivity contribution is 5.92. The number of amides is 1. The minimum Gasteiger partial charge on any atom is -0.481 e. The third-order valence-electron chi connectivity index (χ3n) is 4.66. The lowest BCUT2D eigenvalue weighted by atomic mass is 9.88. The van der Waals surface area contributed by atoms with E-state index in [0.29, 0.717) is 13.0 Å². The van der Waals surface area contributed by atoms with E-state index in [0.717, 1.165) is 18.5 Å². The highest BCUT2D eigenvalue weighted by atomic mass is 16.5. The van der Waals surface area contributed by atoms with E-state index in [1.165, 1.54) is 12.0 Å². The number of aliphatic carboxylic acids is 1. The Labute approximate surface area is 135 Å². The number of carbonyl (C=O) groups excluding carboxylic acids is 1. The molecule has 2 rings (SSSR count). The molecule has 1 N–H and O–H groups in total. The summed E-state index contributed by atoms with van der Waals surface area (Å²) in [6.45, 7) is 4.71. The van der Waals surface area contributed by atoms with Gasteiger partial charge in [0.1, 0.15) is 5.41 Å². The molecule has 1 fully saturated rings. The maximum atomic E-state index is 12.5. The van der Waals surface area contributed by atoms with Gasteiger partial charge in [0.2, 0.25) is 5.76 Å². The van der Waals surface area contributed by atoms with Crippen LogP contribution in [-0.2, 0) is 9.53 Å². The van der Waals surface area contributed by atoms with E-state index < -0.39 is 11.4 Å². The van der Waals surface area contributed by atoms with E-state index in [-0.39, 0.29) is 30.7 Å². The molecule has 7 nitrogen and oxygen atoms in total. The van der Waals surface area contributed by atoms with Crippen molar-refractivity contribution < 1.29 is 24.0 Å². The lowest BCUT2D eigenvalue weighted by Gasteiger charge is -2.23. The first kappa shape index (κ1) is 17.5. The predicted molar refractivity (Wildman–Crippen MR) is 82.3 cm³/mol. The van der Waals surface area contributed by atoms with Gasteiger partial charge in [-0.05, 0) is 19.3 Å². The quantitative estimate of drug-likeness (QED) is 0.826. The van der Waals surface area contributed by atoms with Crippen molar-refractivity contribution in [3.05, 3.63) is 17.5 Å². The summed E-state index contributed by atoms with van der Waals surface area (Å²) in [5, 5.41) is 13.4. The van der Waals surface area contributed by atoms with Gasteiger partial charge in [-0.2, -0.15) is 0 Å². The monoisotopic (exact) mass is 324 g/mol. The van der Waals surface area contributed by atoms with Crippen LogP contribution < -0.4 is 0 Å². The Morgan fingerprint density at radius 2 is 2.17 bits per heavy atom. The zero-order valence-electron chi connectivity index (χ0n) is 13.9. The SMILES string of the molecule is CCC(CC)c1cc(C(=O)N2CCC(COC)(C(=O)O)C2)on1. The molecular weight excluding hydrogens is 300 g/mol. The number of methoxy groups -OCH3 is 1. The number of carboxylic acid groups (broad SMARTS) is 1. The van der Waals surface area contributed by atoms with Crippen molar-refractivity contribution in [3.63, 3.8) is 0 Å². The molecule has 1 aromatic rings. The summed E-state index contributed by atoms with van der Waals surface area (Å²) in [7, 11) is 1.47. The van der Waals surface area contributed by atoms with Gasteiger partial charge in [-0.15, -0.1) is 0 Å². The van der Waals surface area contributed by atoms with Crippen LogP contribution in [0.2, 0.25) is 0 Å². The molecule has 0 spiro atoms. The second kappa shape index (κ2) is 7.12. The second-order valence-corrected chi connectivity index (χ2v) is 6.12. The molecule has 23 heavy (non-hydrogen) atoms. The molecule has 2 heterocycles. The number of hydrogen-bond acceptors (Lipinski definition) is 5. The van der Waals surface area contributed by atoms with Crippen molar-refractivity contribution in [2.24, 2.45) is 5.41 Å². The summed E-state index contributed by atoms with van der Waals surface area (Å²) in [4.78, 5) is 25.6. The number of rotatable bonds is 7. The number of nitrogens with zero attached hydrogens (tertiary/aromatic N) is 2. The molecular formula is C16H24N2O5. The van der Waals surface area contributed by atoms with Crippen molar-refractivity contribution in [2.45, 2.75) is 39.0 Å². The van der Waals surface area contributed by atoms with Crippen molar-refractivity contribution in [1.29, 1.82) is 0 Å². The number of ether oxygens (including phenoxy) is 1. The summed E-state index contributed by atoms with van der Waals surface area (Å²) >= 11 is 0. The van der Waals surface area contributed by atoms with Crippen LogP contribution in [0.15, 0.2) is 10.6 Å². The van der Waals surface area contributed by atoms with Crippen molar-refractivity contribution in [3.8, 4) is 0 Å². The van der Waals surface area contributed by atoms with Crippen LogP contribution in [0, 0.1) is 5.41 Å². The molecule has 1 aromatic heterocycles. The fraction of sp³-hybridized carbons (Fsp3) is 0.688. The topological polar surface area (TPSA) is 92.9 Å². The number of carboxylic acids is 1. The lowest BCUT2D eigenvalue weighted by molar-refractivity contribution is -0.151. The van der Waals surface area contributed by atoms with Gasteiger partial charge in [0.25, 0.3) is 5.91 Å². The minimum absolute atomic E-state index is 0.0848. The first-order valence-corrected chi connectivity index (χ1v) is 7.95. The molecule has 128 valence electrons. The molecule has 0 aromatic carbocycles. The molecule has 1 saturated heterocycles. The predicted octanol–water partition coefficient (Wildman–Crippen LogP) is 2.14. The number of hydrogen-bond donors (Lipinski definition) is 1. The van der Waals surface area contributed by atoms with Gasteiger partial charge in [-0.1, -0.05) is 19.0 Å². The van der Waals surface area contributed by atoms with Gasteiger partial charge in [0.05, 0.1) is 12.3 Å². The van der Waals surface area contributed by atoms with Crippen LogP contribution >= 0.6 is 0 Å². The largest absolute Gasteiger partial charge is 0.481 e. The van der Waals surface area contributed by atoms with E-state index in [9.17, 15) is 14.7 Å². The molecule has 0 bridgehead atoms. The maximum absolute atomic E-state index is 12.5. The second-order valence-electron chi connectivity index (χ2n) is 6.12. The highest BCUT2D eigenvalue weighted by Gasteiger charge is 2.47. The molecule has 1 unspecified atom stereocenters. The Bertz CT molecular complexity index is 567. The number of likely N-dealkylation sites (tertiary alicyclic amines) is 1. The highest BCUT2D eigenvalue weighted by Crippen LogP contribution is 2.32. The summed E-state index contributed by atoms with van der Waals surface area (Å²) in [5.74, 6) is -0.810. The molecule has 7 heteroatoms. The maximum Gasteiger partial charge on any atom is 0.313 e. The summed E-state index contributed by atoms with van der Waals surface area (Å²) in [6, 6.07) is 1.68. The minimum atomic E-state index is -1.04. The average molecular weight is 324 g/mol. The first-order valence-electron chi connectivity index (χ1n) is 7.95. The van der Waals surface area contributed by atoms with Gasteiger partial charge in [-0.25, -0.2) is 0 Å². The fourth-order valence-corrected chi connectivity index (χ4v) is 3.12. The van der Waals surface area contributed by atoms with Gasteiger partial charge < -0.3 is 19.3 Å². The molecule has 0 radical (unpaired) electrons. The van der Waals surface area contributed by atoms with E-state index in [2.05, 4.69) is 19.0 Å². The van der Waals surface area contributed by atoms with Crippen LogP contribution in [0.1, 0.15) is 55.3 Å². The Morgan fingerprint density at radius 1 is 1.48 bits per heavy atom. The van der Waals surface area contributed by atoms with Crippen LogP contribution in [0.3, 0.4) is 0 Å². The van der Waals surface area contributed by atoms with Crippen LogP contribution in [0.5, 0.6) is 0 Å². The van der Waals surface area contributed by atoms with E-state index in [1.807, 2.05) is 0 Å². The summed E-state index contributed by atoms with van der Waals surface area (Å²) in [6.07, 6.45) is 2.22. The lowest BCUT2D eigenvalue weighted by Crippen LogP contribution is -2.40. The van der Waals surface area contributed by atoms with Crippen LogP contribution in [0.25, 0.3) is 0 Å². The third kappa shape index (κ3) is 3.39. The normalized spacial score (nSPS) is 21.1. The Kier molecular flexibility index (Phi) is 5.41. The fourth-order valence-electron chi connectivity index (χ4n) is 3.12. The van der Waals surface area contributed by atoms with E-state index in [1.54, 1.807) is 6.07 Å². The van der Waals surface area contributed by atoms with Gasteiger partial charge in [-0.3, -0.25) is 9.59 Å². The first-order chi connectivity index (χ1) is 11.0.